The largest absolute Gasteiger partial charge is 0.497 e. The van der Waals surface area contributed by atoms with Gasteiger partial charge in [0.05, 0.1) is 7.11 Å². The van der Waals surface area contributed by atoms with Crippen molar-refractivity contribution >= 4 is 5.78 Å². The molecule has 3 atom stereocenters. The highest BCUT2D eigenvalue weighted by Crippen LogP contribution is 2.55. The van der Waals surface area contributed by atoms with Crippen LogP contribution in [0.5, 0.6) is 5.75 Å². The summed E-state index contributed by atoms with van der Waals surface area (Å²) < 4.78 is 5.16. The Kier molecular flexibility index (Phi) is 2.98. The summed E-state index contributed by atoms with van der Waals surface area (Å²) in [6, 6.07) is 8.11. The Bertz CT molecular complexity index is 421. The number of rotatable bonds is 3. The monoisotopic (exact) mass is 232 g/mol. The van der Waals surface area contributed by atoms with Crippen molar-refractivity contribution in [2.24, 2.45) is 11.3 Å². The Morgan fingerprint density at radius 2 is 1.88 bits per heavy atom. The number of ether oxygens (including phenoxy) is 1. The number of methoxy groups -OCH3 is 1. The average Bonchev–Trinajstić information content (AvgIpc) is 2.38. The van der Waals surface area contributed by atoms with Crippen molar-refractivity contribution in [2.45, 2.75) is 33.1 Å². The lowest BCUT2D eigenvalue weighted by Crippen LogP contribution is -2.52. The van der Waals surface area contributed by atoms with Crippen LogP contribution in [0.15, 0.2) is 24.3 Å². The summed E-state index contributed by atoms with van der Waals surface area (Å²) in [5, 5.41) is 0. The molecule has 2 heteroatoms. The van der Waals surface area contributed by atoms with Gasteiger partial charge in [-0.3, -0.25) is 4.79 Å². The summed E-state index contributed by atoms with van der Waals surface area (Å²) in [5.74, 6) is 1.77. The van der Waals surface area contributed by atoms with E-state index in [0.29, 0.717) is 11.7 Å². The van der Waals surface area contributed by atoms with E-state index in [0.717, 1.165) is 12.2 Å². The number of carbonyl (C=O) groups is 1. The predicted octanol–water partition coefficient (Wildman–Crippen LogP) is 3.41. The molecular weight excluding hydrogens is 212 g/mol. The van der Waals surface area contributed by atoms with E-state index in [1.54, 1.807) is 7.11 Å². The lowest BCUT2D eigenvalue weighted by Gasteiger charge is -2.50. The van der Waals surface area contributed by atoms with Crippen LogP contribution < -0.4 is 4.74 Å². The van der Waals surface area contributed by atoms with Crippen LogP contribution in [0.4, 0.5) is 0 Å². The van der Waals surface area contributed by atoms with Crippen molar-refractivity contribution in [1.82, 2.24) is 0 Å². The summed E-state index contributed by atoms with van der Waals surface area (Å²) in [7, 11) is 1.67. The van der Waals surface area contributed by atoms with E-state index in [2.05, 4.69) is 26.0 Å². The van der Waals surface area contributed by atoms with Crippen molar-refractivity contribution in [2.75, 3.05) is 7.11 Å². The summed E-state index contributed by atoms with van der Waals surface area (Å²) in [6.07, 6.45) is 0.910. The third kappa shape index (κ3) is 1.67. The van der Waals surface area contributed by atoms with Gasteiger partial charge >= 0.3 is 0 Å². The molecule has 0 N–H and O–H groups in total. The second-order valence-electron chi connectivity index (χ2n) is 5.17. The summed E-state index contributed by atoms with van der Waals surface area (Å²) in [4.78, 5) is 12.0. The molecule has 1 aliphatic rings. The minimum absolute atomic E-state index is 0.147. The topological polar surface area (TPSA) is 26.3 Å². The van der Waals surface area contributed by atoms with Crippen molar-refractivity contribution in [3.8, 4) is 5.75 Å². The quantitative estimate of drug-likeness (QED) is 0.798. The lowest BCUT2D eigenvalue weighted by molar-refractivity contribution is -0.147. The van der Waals surface area contributed by atoms with E-state index in [9.17, 15) is 4.79 Å². The zero-order chi connectivity index (χ0) is 12.6. The molecule has 1 aromatic rings. The van der Waals surface area contributed by atoms with Crippen molar-refractivity contribution in [3.05, 3.63) is 29.8 Å². The van der Waals surface area contributed by atoms with Gasteiger partial charge in [-0.15, -0.1) is 0 Å². The molecule has 17 heavy (non-hydrogen) atoms. The molecule has 1 aromatic carbocycles. The van der Waals surface area contributed by atoms with Gasteiger partial charge in [0.2, 0.25) is 0 Å². The molecule has 0 heterocycles. The maximum Gasteiger partial charge on any atom is 0.142 e. The van der Waals surface area contributed by atoms with Crippen molar-refractivity contribution in [3.63, 3.8) is 0 Å². The number of benzene rings is 1. The highest BCUT2D eigenvalue weighted by Gasteiger charge is 2.55. The van der Waals surface area contributed by atoms with Gasteiger partial charge in [-0.1, -0.05) is 32.9 Å². The van der Waals surface area contributed by atoms with Gasteiger partial charge in [0.25, 0.3) is 0 Å². The minimum Gasteiger partial charge on any atom is -0.497 e. The molecule has 0 bridgehead atoms. The van der Waals surface area contributed by atoms with Gasteiger partial charge in [0.1, 0.15) is 11.5 Å². The molecule has 0 amide bonds. The van der Waals surface area contributed by atoms with Gasteiger partial charge in [-0.25, -0.2) is 0 Å². The molecule has 0 radical (unpaired) electrons. The standard InChI is InChI=1S/C15H20O2/c1-5-15(3)13(10(2)14(15)16)11-6-8-12(17-4)9-7-11/h6-10,13H,5H2,1-4H3. The number of ketones is 1. The molecule has 1 aliphatic carbocycles. The van der Waals surface area contributed by atoms with Crippen LogP contribution in [0.2, 0.25) is 0 Å². The van der Waals surface area contributed by atoms with E-state index in [1.165, 1.54) is 5.56 Å². The SMILES string of the molecule is CCC1(C)C(=O)C(C)C1c1ccc(OC)cc1. The highest BCUT2D eigenvalue weighted by molar-refractivity contribution is 5.95. The van der Waals surface area contributed by atoms with Crippen LogP contribution in [0, 0.1) is 11.3 Å². The number of hydrogen-bond acceptors (Lipinski definition) is 2. The Morgan fingerprint density at radius 1 is 1.29 bits per heavy atom. The van der Waals surface area contributed by atoms with E-state index < -0.39 is 0 Å². The fourth-order valence-corrected chi connectivity index (χ4v) is 3.14. The average molecular weight is 232 g/mol. The van der Waals surface area contributed by atoms with Gasteiger partial charge in [0.15, 0.2) is 0 Å². The predicted molar refractivity (Wildman–Crippen MR) is 68.3 cm³/mol. The van der Waals surface area contributed by atoms with E-state index in [-0.39, 0.29) is 11.3 Å². The maximum atomic E-state index is 12.0. The summed E-state index contributed by atoms with van der Waals surface area (Å²) in [6.45, 7) is 6.22. The Morgan fingerprint density at radius 3 is 2.35 bits per heavy atom. The van der Waals surface area contributed by atoms with Crippen LogP contribution >= 0.6 is 0 Å². The van der Waals surface area contributed by atoms with Crippen LogP contribution in [0.25, 0.3) is 0 Å². The first-order chi connectivity index (χ1) is 8.04. The highest BCUT2D eigenvalue weighted by atomic mass is 16.5. The zero-order valence-electron chi connectivity index (χ0n) is 11.0. The van der Waals surface area contributed by atoms with Crippen molar-refractivity contribution < 1.29 is 9.53 Å². The minimum atomic E-state index is -0.173. The Labute approximate surface area is 103 Å². The molecule has 0 saturated heterocycles. The molecule has 2 nitrogen and oxygen atoms in total. The van der Waals surface area contributed by atoms with Crippen LogP contribution in [-0.4, -0.2) is 12.9 Å². The smallest absolute Gasteiger partial charge is 0.142 e. The molecule has 92 valence electrons. The normalized spacial score (nSPS) is 32.1. The van der Waals surface area contributed by atoms with E-state index >= 15 is 0 Å². The van der Waals surface area contributed by atoms with Gasteiger partial charge in [-0.05, 0) is 24.1 Å². The molecule has 0 aromatic heterocycles. The van der Waals surface area contributed by atoms with Crippen LogP contribution in [-0.2, 0) is 4.79 Å². The first-order valence-corrected chi connectivity index (χ1v) is 6.23. The van der Waals surface area contributed by atoms with Gasteiger partial charge in [0, 0.05) is 17.3 Å². The van der Waals surface area contributed by atoms with Crippen molar-refractivity contribution in [1.29, 1.82) is 0 Å². The van der Waals surface area contributed by atoms with E-state index in [4.69, 9.17) is 4.74 Å². The molecule has 2 rings (SSSR count). The third-order valence-corrected chi connectivity index (χ3v) is 4.37. The van der Waals surface area contributed by atoms with Crippen LogP contribution in [0.1, 0.15) is 38.7 Å². The second-order valence-corrected chi connectivity index (χ2v) is 5.17. The number of carbonyl (C=O) groups excluding carboxylic acids is 1. The molecule has 1 fully saturated rings. The Balaban J connectivity index is 2.30. The second kappa shape index (κ2) is 4.17. The lowest BCUT2D eigenvalue weighted by atomic mass is 9.51. The zero-order valence-corrected chi connectivity index (χ0v) is 11.0. The fourth-order valence-electron chi connectivity index (χ4n) is 3.14. The maximum absolute atomic E-state index is 12.0. The molecule has 1 saturated carbocycles. The van der Waals surface area contributed by atoms with Gasteiger partial charge < -0.3 is 4.74 Å². The molecule has 0 aliphatic heterocycles. The molecular formula is C15H20O2. The summed E-state index contributed by atoms with van der Waals surface area (Å²) in [5.41, 5.74) is 1.08. The number of Topliss-reactive ketones (excluding diaryl/α,β-unsaturated/α-hetero) is 1. The first-order valence-electron chi connectivity index (χ1n) is 6.23. The van der Waals surface area contributed by atoms with E-state index in [1.807, 2.05) is 19.1 Å². The number of hydrogen-bond donors (Lipinski definition) is 0. The molecule has 0 spiro atoms. The first kappa shape index (κ1) is 12.2. The summed E-state index contributed by atoms with van der Waals surface area (Å²) >= 11 is 0. The van der Waals surface area contributed by atoms with Gasteiger partial charge in [-0.2, -0.15) is 0 Å². The van der Waals surface area contributed by atoms with Crippen LogP contribution in [0.3, 0.4) is 0 Å². The fraction of sp³-hybridized carbons (Fsp3) is 0.533. The Hall–Kier alpha value is -1.31. The molecule has 3 unspecified atom stereocenters. The third-order valence-electron chi connectivity index (χ3n) is 4.37.